The van der Waals surface area contributed by atoms with Crippen molar-refractivity contribution in [3.05, 3.63) is 53.3 Å². The van der Waals surface area contributed by atoms with Gasteiger partial charge in [0.25, 0.3) is 5.91 Å². The van der Waals surface area contributed by atoms with Crippen LogP contribution in [0.4, 0.5) is 13.2 Å². The Labute approximate surface area is 146 Å². The van der Waals surface area contributed by atoms with Gasteiger partial charge < -0.3 is 19.8 Å². The van der Waals surface area contributed by atoms with Crippen molar-refractivity contribution in [2.45, 2.75) is 24.7 Å². The molecule has 0 saturated carbocycles. The smallest absolute Gasteiger partial charge is 0.427 e. The number of nitrogens with one attached hydrogen (secondary N) is 2. The first-order valence-electron chi connectivity index (χ1n) is 7.69. The fourth-order valence-corrected chi connectivity index (χ4v) is 2.77. The largest absolute Gasteiger partial charge is 0.478 e. The third kappa shape index (κ3) is 3.51. The number of halogens is 3. The first kappa shape index (κ1) is 17.8. The Morgan fingerprint density at radius 3 is 2.58 bits per heavy atom. The summed E-state index contributed by atoms with van der Waals surface area (Å²) in [5.74, 6) is -1.32. The summed E-state index contributed by atoms with van der Waals surface area (Å²) in [5, 5.41) is 2.34. The van der Waals surface area contributed by atoms with Gasteiger partial charge >= 0.3 is 12.1 Å². The standard InChI is InChI=1S/C17H15F3N2O4/c1-25-16(24)11-7-6-10(21-11)15(23)22-12-8-9-4-2-3-5-13(9)26-14(12)17(18,19)20/h2-7,12,14,21H,8H2,1H3,(H,22,23)/t12-,14-/m1/s1. The second-order valence-electron chi connectivity index (χ2n) is 5.75. The number of aromatic nitrogens is 1. The van der Waals surface area contributed by atoms with Crippen LogP contribution in [0.3, 0.4) is 0 Å². The highest BCUT2D eigenvalue weighted by molar-refractivity contribution is 5.95. The van der Waals surface area contributed by atoms with Crippen LogP contribution >= 0.6 is 0 Å². The number of esters is 1. The molecule has 3 rings (SSSR count). The fourth-order valence-electron chi connectivity index (χ4n) is 2.77. The van der Waals surface area contributed by atoms with Crippen LogP contribution in [0.5, 0.6) is 5.75 Å². The van der Waals surface area contributed by atoms with Crippen LogP contribution in [0.25, 0.3) is 0 Å². The predicted octanol–water partition coefficient (Wildman–Crippen LogP) is 2.47. The van der Waals surface area contributed by atoms with Gasteiger partial charge in [-0.2, -0.15) is 13.2 Å². The molecule has 0 radical (unpaired) electrons. The van der Waals surface area contributed by atoms with Gasteiger partial charge in [0.1, 0.15) is 17.1 Å². The average molecular weight is 368 g/mol. The van der Waals surface area contributed by atoms with E-state index in [0.717, 1.165) is 0 Å². The van der Waals surface area contributed by atoms with Gasteiger partial charge in [0.05, 0.1) is 13.2 Å². The Bertz CT molecular complexity index is 831. The summed E-state index contributed by atoms with van der Waals surface area (Å²) < 4.78 is 49.6. The van der Waals surface area contributed by atoms with Crippen molar-refractivity contribution < 1.29 is 32.2 Å². The van der Waals surface area contributed by atoms with Crippen molar-refractivity contribution >= 4 is 11.9 Å². The Morgan fingerprint density at radius 2 is 1.88 bits per heavy atom. The third-order valence-electron chi connectivity index (χ3n) is 4.01. The van der Waals surface area contributed by atoms with Crippen molar-refractivity contribution in [2.24, 2.45) is 0 Å². The number of para-hydroxylation sites is 1. The predicted molar refractivity (Wildman–Crippen MR) is 84.0 cm³/mol. The summed E-state index contributed by atoms with van der Waals surface area (Å²) in [6.07, 6.45) is -6.86. The molecule has 9 heteroatoms. The summed E-state index contributed by atoms with van der Waals surface area (Å²) >= 11 is 0. The number of hydrogen-bond donors (Lipinski definition) is 2. The molecule has 1 aromatic heterocycles. The van der Waals surface area contributed by atoms with Gasteiger partial charge in [0.15, 0.2) is 0 Å². The molecular weight excluding hydrogens is 353 g/mol. The first-order valence-corrected chi connectivity index (χ1v) is 7.69. The number of fused-ring (bicyclic) bond motifs is 1. The van der Waals surface area contributed by atoms with E-state index in [1.165, 1.54) is 25.3 Å². The molecule has 1 aromatic carbocycles. The Balaban J connectivity index is 1.81. The molecule has 2 aromatic rings. The number of methoxy groups -OCH3 is 1. The van der Waals surface area contributed by atoms with E-state index in [1.807, 2.05) is 0 Å². The lowest BCUT2D eigenvalue weighted by Crippen LogP contribution is -2.56. The van der Waals surface area contributed by atoms with Crippen molar-refractivity contribution in [1.29, 1.82) is 0 Å². The SMILES string of the molecule is COC(=O)c1ccc(C(=O)N[C@@H]2Cc3ccccc3O[C@H]2C(F)(F)F)[nH]1. The summed E-state index contributed by atoms with van der Waals surface area (Å²) in [5.41, 5.74) is 0.542. The molecule has 2 heterocycles. The molecule has 0 unspecified atom stereocenters. The molecule has 26 heavy (non-hydrogen) atoms. The molecule has 2 atom stereocenters. The number of benzene rings is 1. The summed E-state index contributed by atoms with van der Waals surface area (Å²) in [4.78, 5) is 26.2. The summed E-state index contributed by atoms with van der Waals surface area (Å²) in [7, 11) is 1.17. The molecule has 6 nitrogen and oxygen atoms in total. The maximum Gasteiger partial charge on any atom is 0.427 e. The highest BCUT2D eigenvalue weighted by atomic mass is 19.4. The van der Waals surface area contributed by atoms with E-state index in [-0.39, 0.29) is 23.6 Å². The third-order valence-corrected chi connectivity index (χ3v) is 4.01. The fraction of sp³-hybridized carbons (Fsp3) is 0.294. The molecule has 0 fully saturated rings. The van der Waals surface area contributed by atoms with E-state index in [2.05, 4.69) is 15.0 Å². The zero-order valence-electron chi connectivity index (χ0n) is 13.6. The van der Waals surface area contributed by atoms with E-state index in [1.54, 1.807) is 18.2 Å². The summed E-state index contributed by atoms with van der Waals surface area (Å²) in [6, 6.07) is 7.67. The Hall–Kier alpha value is -2.97. The minimum Gasteiger partial charge on any atom is -0.478 e. The number of carbonyl (C=O) groups is 2. The van der Waals surface area contributed by atoms with Crippen molar-refractivity contribution in [3.63, 3.8) is 0 Å². The quantitative estimate of drug-likeness (QED) is 0.816. The lowest BCUT2D eigenvalue weighted by atomic mass is 9.96. The van der Waals surface area contributed by atoms with Gasteiger partial charge in [-0.05, 0) is 23.8 Å². The average Bonchev–Trinajstić information content (AvgIpc) is 3.10. The van der Waals surface area contributed by atoms with Gasteiger partial charge in [-0.25, -0.2) is 4.79 Å². The molecular formula is C17H15F3N2O4. The number of alkyl halides is 3. The minimum atomic E-state index is -4.65. The monoisotopic (exact) mass is 368 g/mol. The van der Waals surface area contributed by atoms with E-state index in [0.29, 0.717) is 5.56 Å². The lowest BCUT2D eigenvalue weighted by molar-refractivity contribution is -0.205. The highest BCUT2D eigenvalue weighted by Gasteiger charge is 2.49. The second kappa shape index (κ2) is 6.74. The lowest BCUT2D eigenvalue weighted by Gasteiger charge is -2.35. The number of rotatable bonds is 3. The zero-order chi connectivity index (χ0) is 18.9. The van der Waals surface area contributed by atoms with Crippen molar-refractivity contribution in [1.82, 2.24) is 10.3 Å². The molecule has 0 saturated heterocycles. The van der Waals surface area contributed by atoms with Crippen LogP contribution in [0.2, 0.25) is 0 Å². The molecule has 0 bridgehead atoms. The number of H-pyrrole nitrogens is 1. The molecule has 0 spiro atoms. The first-order chi connectivity index (χ1) is 12.3. The number of carbonyl (C=O) groups excluding carboxylic acids is 2. The van der Waals surface area contributed by atoms with Crippen molar-refractivity contribution in [3.8, 4) is 5.75 Å². The maximum absolute atomic E-state index is 13.3. The maximum atomic E-state index is 13.3. The minimum absolute atomic E-state index is 0.0234. The van der Waals surface area contributed by atoms with Crippen LogP contribution in [0.1, 0.15) is 26.5 Å². The molecule has 1 amide bonds. The van der Waals surface area contributed by atoms with Gasteiger partial charge in [0.2, 0.25) is 6.10 Å². The summed E-state index contributed by atoms with van der Waals surface area (Å²) in [6.45, 7) is 0. The van der Waals surface area contributed by atoms with Gasteiger partial charge in [0, 0.05) is 6.42 Å². The van der Waals surface area contributed by atoms with Crippen LogP contribution in [0, 0.1) is 0 Å². The number of amides is 1. The van der Waals surface area contributed by atoms with Gasteiger partial charge in [-0.1, -0.05) is 18.2 Å². The van der Waals surface area contributed by atoms with E-state index in [4.69, 9.17) is 4.74 Å². The Morgan fingerprint density at radius 1 is 1.19 bits per heavy atom. The molecule has 1 aliphatic heterocycles. The zero-order valence-corrected chi connectivity index (χ0v) is 13.6. The van der Waals surface area contributed by atoms with Gasteiger partial charge in [-0.15, -0.1) is 0 Å². The van der Waals surface area contributed by atoms with Crippen LogP contribution in [-0.4, -0.2) is 42.3 Å². The van der Waals surface area contributed by atoms with E-state index < -0.39 is 30.2 Å². The normalized spacial score (nSPS) is 19.2. The van der Waals surface area contributed by atoms with Crippen LogP contribution < -0.4 is 10.1 Å². The second-order valence-corrected chi connectivity index (χ2v) is 5.75. The van der Waals surface area contributed by atoms with E-state index >= 15 is 0 Å². The molecule has 0 aliphatic carbocycles. The van der Waals surface area contributed by atoms with Crippen LogP contribution in [0.15, 0.2) is 36.4 Å². The highest BCUT2D eigenvalue weighted by Crippen LogP contribution is 2.35. The van der Waals surface area contributed by atoms with Crippen molar-refractivity contribution in [2.75, 3.05) is 7.11 Å². The van der Waals surface area contributed by atoms with E-state index in [9.17, 15) is 22.8 Å². The number of aromatic amines is 1. The Kier molecular flexibility index (Phi) is 4.62. The topological polar surface area (TPSA) is 80.4 Å². The molecule has 1 aliphatic rings. The number of hydrogen-bond acceptors (Lipinski definition) is 4. The van der Waals surface area contributed by atoms with Gasteiger partial charge in [-0.3, -0.25) is 4.79 Å². The number of ether oxygens (including phenoxy) is 2. The molecule has 2 N–H and O–H groups in total. The molecule has 138 valence electrons. The van der Waals surface area contributed by atoms with Crippen LogP contribution in [-0.2, 0) is 11.2 Å².